The minimum Gasteiger partial charge on any atom is -0.494 e. The van der Waals surface area contributed by atoms with Crippen LogP contribution in [-0.2, 0) is 16.6 Å². The van der Waals surface area contributed by atoms with Crippen molar-refractivity contribution in [3.05, 3.63) is 123 Å². The molecule has 2 bridgehead atoms. The van der Waals surface area contributed by atoms with Gasteiger partial charge in [0.05, 0.1) is 22.3 Å². The number of benzene rings is 4. The van der Waals surface area contributed by atoms with Crippen molar-refractivity contribution in [3.63, 3.8) is 0 Å². The van der Waals surface area contributed by atoms with E-state index >= 15 is 0 Å². The van der Waals surface area contributed by atoms with Crippen molar-refractivity contribution in [2.24, 2.45) is 0 Å². The largest absolute Gasteiger partial charge is 0.494 e. The summed E-state index contributed by atoms with van der Waals surface area (Å²) < 4.78 is 5.89. The van der Waals surface area contributed by atoms with E-state index in [4.69, 9.17) is 27.9 Å². The topological polar surface area (TPSA) is 56.8 Å². The van der Waals surface area contributed by atoms with Crippen LogP contribution < -0.4 is 20.3 Å². The Bertz CT molecular complexity index is 1770. The molecule has 0 saturated carbocycles. The maximum atomic E-state index is 11.5. The molecule has 0 unspecified atom stereocenters. The van der Waals surface area contributed by atoms with Crippen LogP contribution >= 0.6 is 23.2 Å². The first-order valence-electron chi connectivity index (χ1n) is 18.8. The van der Waals surface area contributed by atoms with Gasteiger partial charge in [-0.1, -0.05) is 83.9 Å². The fourth-order valence-electron chi connectivity index (χ4n) is 8.74. The Morgan fingerprint density at radius 2 is 1.61 bits per heavy atom. The van der Waals surface area contributed by atoms with E-state index in [1.165, 1.54) is 31.2 Å². The van der Waals surface area contributed by atoms with E-state index in [1.807, 2.05) is 30.3 Å². The Kier molecular flexibility index (Phi) is 11.5. The predicted octanol–water partition coefficient (Wildman–Crippen LogP) is 9.07. The number of aryl methyl sites for hydroxylation is 1. The van der Waals surface area contributed by atoms with Gasteiger partial charge in [0.25, 0.3) is 0 Å². The van der Waals surface area contributed by atoms with E-state index in [2.05, 4.69) is 82.1 Å². The van der Waals surface area contributed by atoms with E-state index in [-0.39, 0.29) is 11.3 Å². The van der Waals surface area contributed by atoms with Crippen LogP contribution in [0, 0.1) is 0 Å². The zero-order valence-corrected chi connectivity index (χ0v) is 31.2. The first-order chi connectivity index (χ1) is 25.0. The normalized spacial score (nSPS) is 20.4. The van der Waals surface area contributed by atoms with Gasteiger partial charge in [0, 0.05) is 55.7 Å². The number of carbonyl (C=O) groups is 1. The van der Waals surface area contributed by atoms with Crippen LogP contribution in [0.15, 0.2) is 84.9 Å². The lowest BCUT2D eigenvalue weighted by Gasteiger charge is -2.50. The van der Waals surface area contributed by atoms with Crippen LogP contribution in [0.25, 0.3) is 0 Å². The number of halogens is 2. The molecule has 2 aliphatic heterocycles. The summed E-state index contributed by atoms with van der Waals surface area (Å²) in [5, 5.41) is 7.48. The van der Waals surface area contributed by atoms with E-state index in [9.17, 15) is 4.79 Å². The zero-order chi connectivity index (χ0) is 35.2. The lowest BCUT2D eigenvalue weighted by Crippen LogP contribution is -2.46. The maximum Gasteiger partial charge on any atom is 0.224 e. The van der Waals surface area contributed by atoms with Crippen molar-refractivity contribution >= 4 is 40.5 Å². The third-order valence-electron chi connectivity index (χ3n) is 11.4. The lowest BCUT2D eigenvalue weighted by atomic mass is 9.54. The molecule has 4 aromatic carbocycles. The number of ether oxygens (including phenoxy) is 1. The Balaban J connectivity index is 0.000000169. The molecule has 1 amide bonds. The number of fused-ring (bicyclic) bond motifs is 2. The number of unbranched alkanes of at least 4 members (excludes halogenated alkanes) is 1. The van der Waals surface area contributed by atoms with Gasteiger partial charge in [-0.25, -0.2) is 0 Å². The number of nitrogens with one attached hydrogen (secondary N) is 2. The first-order valence-corrected chi connectivity index (χ1v) is 19.5. The van der Waals surface area contributed by atoms with Gasteiger partial charge in [-0.15, -0.1) is 0 Å². The molecular weight excluding hydrogens is 675 g/mol. The maximum absolute atomic E-state index is 11.5. The number of hydrogen-bond acceptors (Lipinski definition) is 5. The number of rotatable bonds is 11. The molecule has 6 nitrogen and oxygen atoms in total. The monoisotopic (exact) mass is 724 g/mol. The standard InChI is InChI=1S/C23H27Cl2N3O2.C20H23N/c24-19-4-3-5-21(23(19)25)28-13-11-27(12-14-28)10-1-2-15-30-18-8-6-17-7-9-22(29)26-20(17)16-18;1-21-14-6-12-20-13-11-15(16-7-2-4-9-18(16)20)17-8-3-5-10-19(17)20/h3-6,8,16H,1-2,7,9-15H2,(H,26,29);2-5,7-10,15,21H,6,11-14H2,1H3. The average Bonchev–Trinajstić information content (AvgIpc) is 3.17. The van der Waals surface area contributed by atoms with Crippen molar-refractivity contribution in [1.82, 2.24) is 10.2 Å². The Labute approximate surface area is 313 Å². The molecule has 0 radical (unpaired) electrons. The summed E-state index contributed by atoms with van der Waals surface area (Å²) in [5.74, 6) is 1.53. The van der Waals surface area contributed by atoms with Gasteiger partial charge < -0.3 is 20.3 Å². The van der Waals surface area contributed by atoms with Gasteiger partial charge in [0.15, 0.2) is 0 Å². The molecule has 1 saturated heterocycles. The van der Waals surface area contributed by atoms with Crippen molar-refractivity contribution in [2.75, 3.05) is 63.1 Å². The van der Waals surface area contributed by atoms with Crippen molar-refractivity contribution in [3.8, 4) is 5.75 Å². The second kappa shape index (κ2) is 16.4. The molecule has 0 spiro atoms. The second-order valence-corrected chi connectivity index (χ2v) is 15.2. The summed E-state index contributed by atoms with van der Waals surface area (Å²) in [4.78, 5) is 16.3. The molecule has 3 aliphatic carbocycles. The summed E-state index contributed by atoms with van der Waals surface area (Å²) in [6.45, 7) is 6.82. The molecule has 0 aromatic heterocycles. The highest BCUT2D eigenvalue weighted by atomic mass is 35.5. The second-order valence-electron chi connectivity index (χ2n) is 14.4. The van der Waals surface area contributed by atoms with E-state index < -0.39 is 0 Å². The van der Waals surface area contributed by atoms with Gasteiger partial charge in [-0.2, -0.15) is 0 Å². The fraction of sp³-hybridized carbons (Fsp3) is 0.419. The first kappa shape index (κ1) is 35.8. The van der Waals surface area contributed by atoms with Crippen molar-refractivity contribution < 1.29 is 9.53 Å². The quantitative estimate of drug-likeness (QED) is 0.151. The molecule has 0 atom stereocenters. The van der Waals surface area contributed by atoms with Crippen LogP contribution in [0.1, 0.15) is 78.7 Å². The summed E-state index contributed by atoms with van der Waals surface area (Å²) in [6.07, 6.45) is 8.59. The number of amides is 1. The number of carbonyl (C=O) groups excluding carboxylic acids is 1. The molecule has 268 valence electrons. The van der Waals surface area contributed by atoms with Gasteiger partial charge in [-0.05, 0) is 111 Å². The Hall–Kier alpha value is -3.55. The molecule has 2 N–H and O–H groups in total. The van der Waals surface area contributed by atoms with Crippen LogP contribution in [-0.4, -0.2) is 63.7 Å². The molecule has 4 aromatic rings. The zero-order valence-electron chi connectivity index (χ0n) is 29.7. The molecule has 8 heteroatoms. The van der Waals surface area contributed by atoms with E-state index in [0.29, 0.717) is 29.0 Å². The number of hydrogen-bond donors (Lipinski definition) is 2. The van der Waals surface area contributed by atoms with Crippen LogP contribution in [0.4, 0.5) is 11.4 Å². The molecule has 1 fully saturated rings. The highest BCUT2D eigenvalue weighted by Gasteiger charge is 2.47. The summed E-state index contributed by atoms with van der Waals surface area (Å²) in [5.41, 5.74) is 9.75. The smallest absolute Gasteiger partial charge is 0.224 e. The molecular formula is C43H50Cl2N4O2. The minimum absolute atomic E-state index is 0.0809. The van der Waals surface area contributed by atoms with Gasteiger partial charge in [-0.3, -0.25) is 9.69 Å². The molecule has 9 rings (SSSR count). The van der Waals surface area contributed by atoms with Gasteiger partial charge in [0.2, 0.25) is 5.91 Å². The minimum atomic E-state index is 0.0809. The molecule has 51 heavy (non-hydrogen) atoms. The predicted molar refractivity (Wildman–Crippen MR) is 211 cm³/mol. The van der Waals surface area contributed by atoms with Crippen molar-refractivity contribution in [2.45, 2.75) is 62.7 Å². The van der Waals surface area contributed by atoms with Crippen LogP contribution in [0.5, 0.6) is 5.75 Å². The highest BCUT2D eigenvalue weighted by molar-refractivity contribution is 6.43. The lowest BCUT2D eigenvalue weighted by molar-refractivity contribution is -0.116. The summed E-state index contributed by atoms with van der Waals surface area (Å²) in [7, 11) is 2.05. The third kappa shape index (κ3) is 7.80. The number of anilines is 2. The van der Waals surface area contributed by atoms with Gasteiger partial charge in [0.1, 0.15) is 5.75 Å². The van der Waals surface area contributed by atoms with E-state index in [0.717, 1.165) is 75.7 Å². The van der Waals surface area contributed by atoms with Crippen LogP contribution in [0.3, 0.4) is 0 Å². The fourth-order valence-corrected chi connectivity index (χ4v) is 9.15. The number of nitrogens with zero attached hydrogens (tertiary/aromatic N) is 2. The average molecular weight is 726 g/mol. The summed E-state index contributed by atoms with van der Waals surface area (Å²) >= 11 is 12.5. The van der Waals surface area contributed by atoms with Crippen LogP contribution in [0.2, 0.25) is 10.0 Å². The van der Waals surface area contributed by atoms with E-state index in [1.54, 1.807) is 22.3 Å². The van der Waals surface area contributed by atoms with Crippen molar-refractivity contribution in [1.29, 1.82) is 0 Å². The Morgan fingerprint density at radius 3 is 2.35 bits per heavy atom. The van der Waals surface area contributed by atoms with Gasteiger partial charge >= 0.3 is 0 Å². The molecule has 2 heterocycles. The highest BCUT2D eigenvalue weighted by Crippen LogP contribution is 2.57. The number of piperazine rings is 1. The summed E-state index contributed by atoms with van der Waals surface area (Å²) in [6, 6.07) is 30.2. The third-order valence-corrected chi connectivity index (χ3v) is 12.2. The molecule has 5 aliphatic rings. The SMILES string of the molecule is CNCCCC12CCC(c3ccccc31)c1ccccc12.O=C1CCc2ccc(OCCCCN3CCN(c4cccc(Cl)c4Cl)CC3)cc2N1. The Morgan fingerprint density at radius 1 is 0.863 bits per heavy atom.